The van der Waals surface area contributed by atoms with Crippen LogP contribution in [0.25, 0.3) is 0 Å². The third kappa shape index (κ3) is 4.67. The standard InChI is InChI=1S/C19H29NO/c1-4-15-5-7-16(8-6-15)17-9-11-18(12-10-17)19(21)13-14-20(2)3/h9-12,15-16H,4-8,13-14H2,1-3H3/p+1. The zero-order valence-electron chi connectivity index (χ0n) is 13.8. The molecular formula is C19H30NO+. The van der Waals surface area contributed by atoms with E-state index in [1.807, 2.05) is 12.1 Å². The normalized spacial score (nSPS) is 22.5. The van der Waals surface area contributed by atoms with Gasteiger partial charge >= 0.3 is 0 Å². The molecule has 1 N–H and O–H groups in total. The maximum atomic E-state index is 12.1. The summed E-state index contributed by atoms with van der Waals surface area (Å²) in [7, 11) is 4.17. The summed E-state index contributed by atoms with van der Waals surface area (Å²) in [6.07, 6.45) is 7.34. The van der Waals surface area contributed by atoms with E-state index in [2.05, 4.69) is 33.2 Å². The lowest BCUT2D eigenvalue weighted by atomic mass is 9.78. The first-order chi connectivity index (χ1) is 10.1. The van der Waals surface area contributed by atoms with Crippen molar-refractivity contribution in [1.82, 2.24) is 0 Å². The van der Waals surface area contributed by atoms with Gasteiger partial charge in [-0.25, -0.2) is 0 Å². The fourth-order valence-corrected chi connectivity index (χ4v) is 3.35. The van der Waals surface area contributed by atoms with Crippen molar-refractivity contribution in [3.05, 3.63) is 35.4 Å². The van der Waals surface area contributed by atoms with Crippen molar-refractivity contribution in [2.24, 2.45) is 5.92 Å². The minimum atomic E-state index is 0.275. The molecular weight excluding hydrogens is 258 g/mol. The molecule has 0 heterocycles. The molecule has 0 atom stereocenters. The van der Waals surface area contributed by atoms with Crippen molar-refractivity contribution in [1.29, 1.82) is 0 Å². The van der Waals surface area contributed by atoms with Crippen molar-refractivity contribution < 1.29 is 9.69 Å². The third-order valence-corrected chi connectivity index (χ3v) is 4.98. The van der Waals surface area contributed by atoms with Crippen LogP contribution in [0.4, 0.5) is 0 Å². The van der Waals surface area contributed by atoms with Crippen LogP contribution in [-0.4, -0.2) is 26.4 Å². The topological polar surface area (TPSA) is 21.5 Å². The van der Waals surface area contributed by atoms with Crippen molar-refractivity contribution >= 4 is 5.78 Å². The molecule has 0 saturated heterocycles. The number of hydrogen-bond donors (Lipinski definition) is 1. The van der Waals surface area contributed by atoms with Gasteiger partial charge in [0.05, 0.1) is 27.1 Å². The largest absolute Gasteiger partial charge is 0.339 e. The molecule has 1 aromatic carbocycles. The van der Waals surface area contributed by atoms with E-state index in [4.69, 9.17) is 0 Å². The van der Waals surface area contributed by atoms with Gasteiger partial charge in [0.2, 0.25) is 0 Å². The van der Waals surface area contributed by atoms with Crippen LogP contribution in [0.5, 0.6) is 0 Å². The molecule has 1 aliphatic carbocycles. The summed E-state index contributed by atoms with van der Waals surface area (Å²) in [6, 6.07) is 8.45. The van der Waals surface area contributed by atoms with Crippen LogP contribution >= 0.6 is 0 Å². The molecule has 1 fully saturated rings. The van der Waals surface area contributed by atoms with Crippen LogP contribution in [0.15, 0.2) is 24.3 Å². The van der Waals surface area contributed by atoms with Gasteiger partial charge in [0.1, 0.15) is 0 Å². The lowest BCUT2D eigenvalue weighted by Crippen LogP contribution is -3.05. The number of hydrogen-bond acceptors (Lipinski definition) is 1. The number of carbonyl (C=O) groups excluding carboxylic acids is 1. The Morgan fingerprint density at radius 3 is 2.24 bits per heavy atom. The summed E-state index contributed by atoms with van der Waals surface area (Å²) in [6.45, 7) is 3.21. The number of ketones is 1. The van der Waals surface area contributed by atoms with Crippen LogP contribution in [0.2, 0.25) is 0 Å². The second-order valence-corrected chi connectivity index (χ2v) is 6.88. The molecule has 2 rings (SSSR count). The summed E-state index contributed by atoms with van der Waals surface area (Å²) < 4.78 is 0. The van der Waals surface area contributed by atoms with E-state index in [0.29, 0.717) is 12.3 Å². The molecule has 1 aliphatic rings. The highest BCUT2D eigenvalue weighted by Crippen LogP contribution is 2.36. The molecule has 1 saturated carbocycles. The molecule has 0 unspecified atom stereocenters. The maximum absolute atomic E-state index is 12.1. The Kier molecular flexibility index (Phi) is 5.98. The number of carbonyl (C=O) groups is 1. The number of rotatable bonds is 6. The van der Waals surface area contributed by atoms with E-state index in [0.717, 1.165) is 18.0 Å². The molecule has 0 spiro atoms. The fraction of sp³-hybridized carbons (Fsp3) is 0.632. The number of benzene rings is 1. The van der Waals surface area contributed by atoms with Gasteiger partial charge in [-0.05, 0) is 43.1 Å². The van der Waals surface area contributed by atoms with Gasteiger partial charge in [-0.3, -0.25) is 4.79 Å². The predicted octanol–water partition coefficient (Wildman–Crippen LogP) is 3.09. The van der Waals surface area contributed by atoms with Crippen molar-refractivity contribution in [2.75, 3.05) is 20.6 Å². The Balaban J connectivity index is 1.91. The number of Topliss-reactive ketones (excluding diaryl/α,β-unsaturated/α-hetero) is 1. The van der Waals surface area contributed by atoms with Gasteiger partial charge in [-0.15, -0.1) is 0 Å². The van der Waals surface area contributed by atoms with Crippen molar-refractivity contribution in [3.8, 4) is 0 Å². The fourth-order valence-electron chi connectivity index (χ4n) is 3.35. The summed E-state index contributed by atoms with van der Waals surface area (Å²) in [5.41, 5.74) is 2.31. The van der Waals surface area contributed by atoms with E-state index in [1.165, 1.54) is 42.6 Å². The average molecular weight is 288 g/mol. The highest BCUT2D eigenvalue weighted by molar-refractivity contribution is 5.96. The molecule has 0 radical (unpaired) electrons. The van der Waals surface area contributed by atoms with Gasteiger partial charge < -0.3 is 4.90 Å². The first kappa shape index (κ1) is 16.2. The van der Waals surface area contributed by atoms with E-state index in [-0.39, 0.29) is 5.78 Å². The highest BCUT2D eigenvalue weighted by Gasteiger charge is 2.21. The van der Waals surface area contributed by atoms with E-state index in [1.54, 1.807) is 0 Å². The lowest BCUT2D eigenvalue weighted by molar-refractivity contribution is -0.857. The molecule has 0 amide bonds. The van der Waals surface area contributed by atoms with Crippen LogP contribution in [0.3, 0.4) is 0 Å². The Hall–Kier alpha value is -1.15. The molecule has 0 aromatic heterocycles. The highest BCUT2D eigenvalue weighted by atomic mass is 16.1. The summed E-state index contributed by atoms with van der Waals surface area (Å²) in [5.74, 6) is 1.93. The number of nitrogens with one attached hydrogen (secondary N) is 1. The quantitative estimate of drug-likeness (QED) is 0.798. The van der Waals surface area contributed by atoms with Gasteiger partial charge in [0.15, 0.2) is 5.78 Å². The lowest BCUT2D eigenvalue weighted by Gasteiger charge is -2.28. The molecule has 116 valence electrons. The van der Waals surface area contributed by atoms with Crippen LogP contribution in [0.1, 0.15) is 67.3 Å². The summed E-state index contributed by atoms with van der Waals surface area (Å²) in [4.78, 5) is 13.4. The summed E-state index contributed by atoms with van der Waals surface area (Å²) in [5, 5.41) is 0. The monoisotopic (exact) mass is 288 g/mol. The van der Waals surface area contributed by atoms with Crippen molar-refractivity contribution in [3.63, 3.8) is 0 Å². The molecule has 1 aromatic rings. The van der Waals surface area contributed by atoms with E-state index >= 15 is 0 Å². The Morgan fingerprint density at radius 2 is 1.71 bits per heavy atom. The first-order valence-electron chi connectivity index (χ1n) is 8.52. The second kappa shape index (κ2) is 7.74. The summed E-state index contributed by atoms with van der Waals surface area (Å²) >= 11 is 0. The maximum Gasteiger partial charge on any atom is 0.168 e. The smallest absolute Gasteiger partial charge is 0.168 e. The first-order valence-corrected chi connectivity index (χ1v) is 8.52. The zero-order valence-corrected chi connectivity index (χ0v) is 13.8. The van der Waals surface area contributed by atoms with Gasteiger partial charge in [0.25, 0.3) is 0 Å². The van der Waals surface area contributed by atoms with E-state index in [9.17, 15) is 4.79 Å². The second-order valence-electron chi connectivity index (χ2n) is 6.88. The van der Waals surface area contributed by atoms with Gasteiger partial charge in [0, 0.05) is 5.56 Å². The molecule has 2 nitrogen and oxygen atoms in total. The Labute approximate surface area is 129 Å². The zero-order chi connectivity index (χ0) is 15.2. The van der Waals surface area contributed by atoms with E-state index < -0.39 is 0 Å². The van der Waals surface area contributed by atoms with Gasteiger partial charge in [-0.1, -0.05) is 37.6 Å². The average Bonchev–Trinajstić information content (AvgIpc) is 2.53. The van der Waals surface area contributed by atoms with Gasteiger partial charge in [-0.2, -0.15) is 0 Å². The minimum absolute atomic E-state index is 0.275. The SMILES string of the molecule is CCC1CCC(c2ccc(C(=O)CC[NH+](C)C)cc2)CC1. The van der Waals surface area contributed by atoms with Crippen molar-refractivity contribution in [2.45, 2.75) is 51.4 Å². The van der Waals surface area contributed by atoms with Crippen LogP contribution in [0, 0.1) is 5.92 Å². The molecule has 21 heavy (non-hydrogen) atoms. The Bertz CT molecular complexity index is 441. The predicted molar refractivity (Wildman–Crippen MR) is 88.1 cm³/mol. The number of quaternary nitrogens is 1. The van der Waals surface area contributed by atoms with Crippen LogP contribution < -0.4 is 4.90 Å². The van der Waals surface area contributed by atoms with Crippen LogP contribution in [-0.2, 0) is 0 Å². The Morgan fingerprint density at radius 1 is 1.10 bits per heavy atom. The molecule has 0 aliphatic heterocycles. The molecule has 2 heteroatoms. The molecule has 0 bridgehead atoms. The minimum Gasteiger partial charge on any atom is -0.339 e. The third-order valence-electron chi connectivity index (χ3n) is 4.98.